The van der Waals surface area contributed by atoms with Crippen molar-refractivity contribution >= 4 is 21.7 Å². The number of nitrogens with one attached hydrogen (secondary N) is 1. The number of ether oxygens (including phenoxy) is 2. The zero-order valence-corrected chi connectivity index (χ0v) is 10.6. The van der Waals surface area contributed by atoms with Crippen LogP contribution >= 0.6 is 0 Å². The van der Waals surface area contributed by atoms with Crippen molar-refractivity contribution in [3.63, 3.8) is 0 Å². The Kier molecular flexibility index (Phi) is 3.00. The lowest BCUT2D eigenvalue weighted by atomic mass is 10.1. The van der Waals surface area contributed by atoms with E-state index in [0.29, 0.717) is 0 Å². The minimum Gasteiger partial charge on any atom is -0.492 e. The number of fused-ring (bicyclic) bond motifs is 1. The van der Waals surface area contributed by atoms with Gasteiger partial charge in [-0.3, -0.25) is 4.79 Å². The molecule has 1 aliphatic heterocycles. The molecule has 0 fully saturated rings. The fourth-order valence-electron chi connectivity index (χ4n) is 1.73. The van der Waals surface area contributed by atoms with Gasteiger partial charge >= 0.3 is 5.91 Å². The van der Waals surface area contributed by atoms with Crippen LogP contribution in [0.5, 0.6) is 0 Å². The van der Waals surface area contributed by atoms with E-state index in [1.54, 1.807) is 18.2 Å². The Bertz CT molecular complexity index is 633. The molecule has 1 N–H and O–H groups in total. The first kappa shape index (κ1) is 12.4. The molecule has 18 heavy (non-hydrogen) atoms. The maximum atomic E-state index is 12.0. The highest BCUT2D eigenvalue weighted by molar-refractivity contribution is 7.90. The fraction of sp³-hybridized carbons (Fsp3) is 0.182. The van der Waals surface area contributed by atoms with Gasteiger partial charge in [0.25, 0.3) is 10.0 Å². The van der Waals surface area contributed by atoms with E-state index < -0.39 is 15.9 Å². The smallest absolute Gasteiger partial charge is 0.304 e. The summed E-state index contributed by atoms with van der Waals surface area (Å²) in [6.07, 6.45) is 0. The molecule has 2 rings (SSSR count). The zero-order valence-electron chi connectivity index (χ0n) is 9.76. The van der Waals surface area contributed by atoms with E-state index in [1.807, 2.05) is 4.72 Å². The van der Waals surface area contributed by atoms with Gasteiger partial charge in [0.1, 0.15) is 0 Å². The Balaban J connectivity index is 2.83. The number of carbonyl (C=O) groups is 1. The highest BCUT2D eigenvalue weighted by Crippen LogP contribution is 2.29. The lowest BCUT2D eigenvalue weighted by Gasteiger charge is -2.09. The molecule has 1 heterocycles. The van der Waals surface area contributed by atoms with E-state index in [0.717, 1.165) is 0 Å². The van der Waals surface area contributed by atoms with Gasteiger partial charge in [-0.25, -0.2) is 13.1 Å². The van der Waals surface area contributed by atoms with Crippen molar-refractivity contribution in [2.45, 2.75) is 4.90 Å². The molecule has 1 amide bonds. The fourth-order valence-corrected chi connectivity index (χ4v) is 2.88. The van der Waals surface area contributed by atoms with Gasteiger partial charge in [-0.15, -0.1) is 0 Å². The molecule has 6 nitrogen and oxygen atoms in total. The molecule has 1 aromatic rings. The van der Waals surface area contributed by atoms with Crippen molar-refractivity contribution in [3.8, 4) is 0 Å². The molecule has 0 bridgehead atoms. The molecule has 0 aliphatic carbocycles. The summed E-state index contributed by atoms with van der Waals surface area (Å²) in [5, 5.41) is 0. The molecule has 0 spiro atoms. The average molecular weight is 269 g/mol. The highest BCUT2D eigenvalue weighted by Gasteiger charge is 2.32. The predicted octanol–water partition coefficient (Wildman–Crippen LogP) is 0.467. The molecule has 0 atom stereocenters. The van der Waals surface area contributed by atoms with E-state index >= 15 is 0 Å². The van der Waals surface area contributed by atoms with Gasteiger partial charge in [-0.05, 0) is 12.1 Å². The minimum absolute atomic E-state index is 0.0257. The molecule has 0 radical (unpaired) electrons. The lowest BCUT2D eigenvalue weighted by Crippen LogP contribution is -2.31. The maximum Gasteiger partial charge on any atom is 0.304 e. The molecule has 0 aromatic heterocycles. The van der Waals surface area contributed by atoms with Crippen LogP contribution < -0.4 is 4.72 Å². The monoisotopic (exact) mass is 269 g/mol. The highest BCUT2D eigenvalue weighted by atomic mass is 32.2. The Morgan fingerprint density at radius 2 is 1.67 bits per heavy atom. The topological polar surface area (TPSA) is 81.7 Å². The number of hydrogen-bond acceptors (Lipinski definition) is 5. The number of rotatable bonds is 2. The number of carbonyl (C=O) groups excluding carboxylic acids is 1. The molecule has 0 saturated heterocycles. The summed E-state index contributed by atoms with van der Waals surface area (Å²) >= 11 is 0. The van der Waals surface area contributed by atoms with Crippen LogP contribution in [0.2, 0.25) is 0 Å². The van der Waals surface area contributed by atoms with E-state index in [9.17, 15) is 13.2 Å². The van der Waals surface area contributed by atoms with Crippen molar-refractivity contribution in [3.05, 3.63) is 35.6 Å². The van der Waals surface area contributed by atoms with Crippen LogP contribution in [-0.2, 0) is 24.3 Å². The van der Waals surface area contributed by atoms with Gasteiger partial charge in [0.2, 0.25) is 5.76 Å². The van der Waals surface area contributed by atoms with Crippen LogP contribution in [0.1, 0.15) is 5.56 Å². The van der Waals surface area contributed by atoms with Crippen molar-refractivity contribution in [2.75, 3.05) is 14.2 Å². The largest absolute Gasteiger partial charge is 0.492 e. The molecular weight excluding hydrogens is 258 g/mol. The first-order valence-corrected chi connectivity index (χ1v) is 6.48. The SMILES string of the molecule is COC1=C(OC)c2ccccc2S(=O)(=O)NC1=O. The summed E-state index contributed by atoms with van der Waals surface area (Å²) in [6.45, 7) is 0. The molecule has 96 valence electrons. The van der Waals surface area contributed by atoms with Gasteiger partial charge in [0, 0.05) is 5.56 Å². The Labute approximate surface area is 104 Å². The zero-order chi connectivity index (χ0) is 13.3. The van der Waals surface area contributed by atoms with Crippen LogP contribution in [0.15, 0.2) is 34.9 Å². The number of hydrogen-bond donors (Lipinski definition) is 1. The summed E-state index contributed by atoms with van der Waals surface area (Å²) < 4.78 is 35.8. The molecule has 1 aromatic carbocycles. The Morgan fingerprint density at radius 1 is 1.06 bits per heavy atom. The lowest BCUT2D eigenvalue weighted by molar-refractivity contribution is -0.118. The summed E-state index contributed by atoms with van der Waals surface area (Å²) in [6, 6.07) is 6.15. The first-order chi connectivity index (χ1) is 8.51. The van der Waals surface area contributed by atoms with Gasteiger partial charge in [-0.1, -0.05) is 12.1 Å². The quantitative estimate of drug-likeness (QED) is 0.843. The second-order valence-corrected chi connectivity index (χ2v) is 5.15. The van der Waals surface area contributed by atoms with Crippen LogP contribution in [0.3, 0.4) is 0 Å². The van der Waals surface area contributed by atoms with E-state index in [-0.39, 0.29) is 22.0 Å². The third kappa shape index (κ3) is 1.82. The Hall–Kier alpha value is -2.02. The summed E-state index contributed by atoms with van der Waals surface area (Å²) in [5.74, 6) is -0.941. The van der Waals surface area contributed by atoms with Crippen LogP contribution in [0.4, 0.5) is 0 Å². The summed E-state index contributed by atoms with van der Waals surface area (Å²) in [4.78, 5) is 11.7. The molecule has 0 unspecified atom stereocenters. The third-order valence-electron chi connectivity index (χ3n) is 2.47. The number of benzene rings is 1. The van der Waals surface area contributed by atoms with E-state index in [2.05, 4.69) is 0 Å². The van der Waals surface area contributed by atoms with Crippen LogP contribution in [0.25, 0.3) is 5.76 Å². The van der Waals surface area contributed by atoms with Gasteiger partial charge in [0.15, 0.2) is 5.76 Å². The number of sulfonamides is 1. The molecule has 0 saturated carbocycles. The first-order valence-electron chi connectivity index (χ1n) is 5.00. The van der Waals surface area contributed by atoms with Crippen molar-refractivity contribution < 1.29 is 22.7 Å². The summed E-state index contributed by atoms with van der Waals surface area (Å²) in [7, 11) is -1.30. The normalized spacial score (nSPS) is 17.6. The molecule has 1 aliphatic rings. The second kappa shape index (κ2) is 4.34. The number of methoxy groups -OCH3 is 2. The van der Waals surface area contributed by atoms with Crippen molar-refractivity contribution in [1.29, 1.82) is 0 Å². The second-order valence-electron chi connectivity index (χ2n) is 3.50. The number of amides is 1. The molecular formula is C11H11NO5S. The van der Waals surface area contributed by atoms with Crippen molar-refractivity contribution in [1.82, 2.24) is 4.72 Å². The van der Waals surface area contributed by atoms with Crippen molar-refractivity contribution in [2.24, 2.45) is 0 Å². The van der Waals surface area contributed by atoms with E-state index in [1.165, 1.54) is 20.3 Å². The van der Waals surface area contributed by atoms with Gasteiger partial charge < -0.3 is 9.47 Å². The van der Waals surface area contributed by atoms with E-state index in [4.69, 9.17) is 9.47 Å². The molecule has 7 heteroatoms. The minimum atomic E-state index is -3.91. The van der Waals surface area contributed by atoms with Crippen LogP contribution in [-0.4, -0.2) is 28.5 Å². The van der Waals surface area contributed by atoms with Gasteiger partial charge in [-0.2, -0.15) is 0 Å². The van der Waals surface area contributed by atoms with Crippen LogP contribution in [0, 0.1) is 0 Å². The summed E-state index contributed by atoms with van der Waals surface area (Å²) in [5.41, 5.74) is 0.287. The Morgan fingerprint density at radius 3 is 2.28 bits per heavy atom. The van der Waals surface area contributed by atoms with Gasteiger partial charge in [0.05, 0.1) is 19.1 Å². The third-order valence-corrected chi connectivity index (χ3v) is 3.86. The maximum absolute atomic E-state index is 12.0. The predicted molar refractivity (Wildman–Crippen MR) is 62.7 cm³/mol. The average Bonchev–Trinajstić information content (AvgIpc) is 2.42. The standard InChI is InChI=1S/C11H11NO5S/c1-16-9-7-5-3-4-6-8(7)18(14,15)12-11(13)10(9)17-2/h3-6H,1-2H3,(H,12,13).